The monoisotopic (exact) mass is 508 g/mol. The number of aliphatic carboxylic acids is 1. The zero-order valence-electron chi connectivity index (χ0n) is 19.3. The molecule has 1 saturated carbocycles. The Morgan fingerprint density at radius 2 is 2.12 bits per heavy atom. The molecule has 0 aromatic carbocycles. The van der Waals surface area contributed by atoms with Crippen molar-refractivity contribution in [2.75, 3.05) is 26.8 Å². The fourth-order valence-corrected chi connectivity index (χ4v) is 5.50. The summed E-state index contributed by atoms with van der Waals surface area (Å²) in [6.45, 7) is 3.92. The molecular formula is C24H29ClN2O6S. The van der Waals surface area contributed by atoms with Crippen LogP contribution in [0.15, 0.2) is 18.2 Å². The van der Waals surface area contributed by atoms with E-state index in [0.29, 0.717) is 54.3 Å². The van der Waals surface area contributed by atoms with Crippen molar-refractivity contribution in [1.82, 2.24) is 9.88 Å². The van der Waals surface area contributed by atoms with E-state index in [1.165, 1.54) is 11.3 Å². The van der Waals surface area contributed by atoms with Gasteiger partial charge in [-0.05, 0) is 50.8 Å². The number of carboxylic acids is 1. The largest absolute Gasteiger partial charge is 0.489 e. The van der Waals surface area contributed by atoms with Gasteiger partial charge in [0.1, 0.15) is 12.4 Å². The second kappa shape index (κ2) is 10.9. The smallest absolute Gasteiger partial charge is 0.409 e. The highest BCUT2D eigenvalue weighted by Gasteiger charge is 2.29. The molecule has 4 rings (SSSR count). The van der Waals surface area contributed by atoms with Gasteiger partial charge in [0.2, 0.25) is 0 Å². The van der Waals surface area contributed by atoms with Gasteiger partial charge in [0.25, 0.3) is 0 Å². The summed E-state index contributed by atoms with van der Waals surface area (Å²) in [5.41, 5.74) is 2.23. The van der Waals surface area contributed by atoms with E-state index in [4.69, 9.17) is 30.8 Å². The number of ether oxygens (including phenoxy) is 3. The molecule has 3 heterocycles. The maximum atomic E-state index is 12.4. The standard InChI is InChI=1S/C24H29ClN2O6S/c1-14-20(33-18-5-3-4-16(8-18)23(28)29)7-6-19(26-14)22-17(9-21(25)34-22)13-32-24(30)27(2)10-15-11-31-12-15/h6-7,9,15-16,18H,3-5,8,10-13H2,1-2H3,(H,28,29)/t16-,18-/m0/s1. The number of thiophene rings is 1. The lowest BCUT2D eigenvalue weighted by molar-refractivity contribution is -0.143. The van der Waals surface area contributed by atoms with E-state index < -0.39 is 5.97 Å². The van der Waals surface area contributed by atoms with Crippen LogP contribution in [0.5, 0.6) is 5.75 Å². The van der Waals surface area contributed by atoms with Gasteiger partial charge in [0, 0.05) is 25.1 Å². The number of carbonyl (C=O) groups excluding carboxylic acids is 1. The normalized spacial score (nSPS) is 20.4. The molecular weight excluding hydrogens is 480 g/mol. The van der Waals surface area contributed by atoms with Crippen molar-refractivity contribution in [1.29, 1.82) is 0 Å². The molecule has 2 aromatic rings. The molecule has 2 fully saturated rings. The number of pyridine rings is 1. The van der Waals surface area contributed by atoms with Crippen LogP contribution >= 0.6 is 22.9 Å². The topological polar surface area (TPSA) is 98.2 Å². The minimum Gasteiger partial charge on any atom is -0.489 e. The van der Waals surface area contributed by atoms with E-state index in [9.17, 15) is 14.7 Å². The summed E-state index contributed by atoms with van der Waals surface area (Å²) in [5.74, 6) is -0.104. The Bertz CT molecular complexity index is 1040. The number of aromatic nitrogens is 1. The first-order chi connectivity index (χ1) is 16.3. The van der Waals surface area contributed by atoms with Gasteiger partial charge in [0.15, 0.2) is 0 Å². The highest BCUT2D eigenvalue weighted by atomic mass is 35.5. The highest BCUT2D eigenvalue weighted by molar-refractivity contribution is 7.19. The number of halogens is 1. The molecule has 1 saturated heterocycles. The lowest BCUT2D eigenvalue weighted by atomic mass is 9.87. The Balaban J connectivity index is 1.40. The summed E-state index contributed by atoms with van der Waals surface area (Å²) >= 11 is 7.66. The number of carbonyl (C=O) groups is 2. The second-order valence-electron chi connectivity index (χ2n) is 8.97. The first-order valence-electron chi connectivity index (χ1n) is 11.4. The predicted octanol–water partition coefficient (Wildman–Crippen LogP) is 5.01. The number of amides is 1. The van der Waals surface area contributed by atoms with Crippen molar-refractivity contribution < 1.29 is 28.9 Å². The number of nitrogens with zero attached hydrogens (tertiary/aromatic N) is 2. The highest BCUT2D eigenvalue weighted by Crippen LogP contribution is 2.37. The van der Waals surface area contributed by atoms with Gasteiger partial charge >= 0.3 is 12.1 Å². The van der Waals surface area contributed by atoms with Gasteiger partial charge in [-0.3, -0.25) is 4.79 Å². The number of aryl methyl sites for hydroxylation is 1. The van der Waals surface area contributed by atoms with Crippen LogP contribution in [-0.4, -0.2) is 60.0 Å². The molecule has 1 N–H and O–H groups in total. The van der Waals surface area contributed by atoms with Crippen molar-refractivity contribution in [2.45, 2.75) is 45.3 Å². The number of carboxylic acid groups (broad SMARTS) is 1. The molecule has 1 aliphatic carbocycles. The first kappa shape index (κ1) is 24.8. The SMILES string of the molecule is Cc1nc(-c2sc(Cl)cc2COC(=O)N(C)CC2COC2)ccc1O[C@H]1CCC[C@H](C(=O)O)C1. The molecule has 184 valence electrons. The fourth-order valence-electron chi connectivity index (χ4n) is 4.28. The third-order valence-corrected chi connectivity index (χ3v) is 7.55. The van der Waals surface area contributed by atoms with E-state index in [0.717, 1.165) is 29.0 Å². The molecule has 10 heteroatoms. The summed E-state index contributed by atoms with van der Waals surface area (Å²) < 4.78 is 17.4. The summed E-state index contributed by atoms with van der Waals surface area (Å²) in [5, 5.41) is 9.31. The summed E-state index contributed by atoms with van der Waals surface area (Å²) in [6.07, 6.45) is 2.36. The first-order valence-corrected chi connectivity index (χ1v) is 12.6. The van der Waals surface area contributed by atoms with Gasteiger partial charge < -0.3 is 24.2 Å². The average Bonchev–Trinajstić information content (AvgIpc) is 3.16. The molecule has 2 aliphatic rings. The number of rotatable bonds is 8. The van der Waals surface area contributed by atoms with Crippen molar-refractivity contribution in [3.05, 3.63) is 33.8 Å². The molecule has 0 spiro atoms. The Hall–Kier alpha value is -2.36. The van der Waals surface area contributed by atoms with Gasteiger partial charge in [-0.15, -0.1) is 11.3 Å². The maximum Gasteiger partial charge on any atom is 0.409 e. The van der Waals surface area contributed by atoms with Gasteiger partial charge in [-0.1, -0.05) is 11.6 Å². The summed E-state index contributed by atoms with van der Waals surface area (Å²) in [4.78, 5) is 30.8. The molecule has 1 amide bonds. The Kier molecular flexibility index (Phi) is 7.95. The molecule has 8 nitrogen and oxygen atoms in total. The van der Waals surface area contributed by atoms with Crippen LogP contribution in [0, 0.1) is 18.8 Å². The molecule has 0 bridgehead atoms. The van der Waals surface area contributed by atoms with Crippen LogP contribution in [0.25, 0.3) is 10.6 Å². The van der Waals surface area contributed by atoms with Crippen LogP contribution in [0.3, 0.4) is 0 Å². The van der Waals surface area contributed by atoms with E-state index in [-0.39, 0.29) is 24.7 Å². The van der Waals surface area contributed by atoms with E-state index in [1.54, 1.807) is 18.0 Å². The lowest BCUT2D eigenvalue weighted by Crippen LogP contribution is -2.40. The summed E-state index contributed by atoms with van der Waals surface area (Å²) in [7, 11) is 1.72. The molecule has 2 aromatic heterocycles. The Morgan fingerprint density at radius 1 is 1.32 bits per heavy atom. The van der Waals surface area contributed by atoms with E-state index in [1.807, 2.05) is 19.1 Å². The van der Waals surface area contributed by atoms with Crippen LogP contribution in [0.2, 0.25) is 4.34 Å². The molecule has 1 aliphatic heterocycles. The van der Waals surface area contributed by atoms with Crippen LogP contribution in [0.1, 0.15) is 36.9 Å². The maximum absolute atomic E-state index is 12.4. The Labute approximate surface area is 207 Å². The van der Waals surface area contributed by atoms with E-state index >= 15 is 0 Å². The number of hydrogen-bond donors (Lipinski definition) is 1. The van der Waals surface area contributed by atoms with Crippen LogP contribution in [0.4, 0.5) is 4.79 Å². The lowest BCUT2D eigenvalue weighted by Gasteiger charge is -2.29. The third kappa shape index (κ3) is 6.00. The minimum absolute atomic E-state index is 0.0977. The van der Waals surface area contributed by atoms with Gasteiger partial charge in [0.05, 0.1) is 45.8 Å². The third-order valence-electron chi connectivity index (χ3n) is 6.22. The molecule has 2 atom stereocenters. The molecule has 34 heavy (non-hydrogen) atoms. The molecule has 0 radical (unpaired) electrons. The van der Waals surface area contributed by atoms with Gasteiger partial charge in [-0.25, -0.2) is 9.78 Å². The van der Waals surface area contributed by atoms with Gasteiger partial charge in [-0.2, -0.15) is 0 Å². The fraction of sp³-hybridized carbons (Fsp3) is 0.542. The molecule has 0 unspecified atom stereocenters. The quantitative estimate of drug-likeness (QED) is 0.535. The van der Waals surface area contributed by atoms with E-state index in [2.05, 4.69) is 0 Å². The number of hydrogen-bond acceptors (Lipinski definition) is 7. The van der Waals surface area contributed by atoms with Crippen LogP contribution < -0.4 is 4.74 Å². The predicted molar refractivity (Wildman–Crippen MR) is 128 cm³/mol. The minimum atomic E-state index is -0.760. The van der Waals surface area contributed by atoms with Crippen LogP contribution in [-0.2, 0) is 20.9 Å². The Morgan fingerprint density at radius 3 is 2.79 bits per heavy atom. The zero-order valence-corrected chi connectivity index (χ0v) is 20.9. The van der Waals surface area contributed by atoms with Crippen molar-refractivity contribution >= 4 is 35.0 Å². The van der Waals surface area contributed by atoms with Crippen molar-refractivity contribution in [2.24, 2.45) is 11.8 Å². The summed E-state index contributed by atoms with van der Waals surface area (Å²) in [6, 6.07) is 5.51. The van der Waals surface area contributed by atoms with Crippen molar-refractivity contribution in [3.8, 4) is 16.3 Å². The second-order valence-corrected chi connectivity index (χ2v) is 10.6. The average molecular weight is 509 g/mol. The van der Waals surface area contributed by atoms with Crippen molar-refractivity contribution in [3.63, 3.8) is 0 Å². The zero-order chi connectivity index (χ0) is 24.2.